The highest BCUT2D eigenvalue weighted by Crippen LogP contribution is 2.31. The Bertz CT molecular complexity index is 728. The Morgan fingerprint density at radius 1 is 0.957 bits per heavy atom. The number of thioether (sulfide) groups is 1. The van der Waals surface area contributed by atoms with Crippen molar-refractivity contribution in [3.8, 4) is 5.75 Å². The van der Waals surface area contributed by atoms with Crippen LogP contribution < -0.4 is 4.74 Å². The van der Waals surface area contributed by atoms with E-state index in [0.717, 1.165) is 23.1 Å². The van der Waals surface area contributed by atoms with Gasteiger partial charge in [-0.3, -0.25) is 14.5 Å². The van der Waals surface area contributed by atoms with Crippen molar-refractivity contribution in [3.63, 3.8) is 0 Å². The monoisotopic (exact) mass is 325 g/mol. The second-order valence-corrected chi connectivity index (χ2v) is 5.90. The summed E-state index contributed by atoms with van der Waals surface area (Å²) in [5.74, 6) is 0.458. The first-order valence-electron chi connectivity index (χ1n) is 7.22. The van der Waals surface area contributed by atoms with E-state index < -0.39 is 0 Å². The van der Waals surface area contributed by atoms with E-state index in [2.05, 4.69) is 0 Å². The van der Waals surface area contributed by atoms with E-state index in [0.29, 0.717) is 4.91 Å². The third-order valence-corrected chi connectivity index (χ3v) is 4.21. The molecule has 1 saturated heterocycles. The fourth-order valence-corrected chi connectivity index (χ4v) is 3.03. The number of hydrogen-bond acceptors (Lipinski definition) is 4. The van der Waals surface area contributed by atoms with Crippen LogP contribution in [0.3, 0.4) is 0 Å². The van der Waals surface area contributed by atoms with Gasteiger partial charge < -0.3 is 4.74 Å². The van der Waals surface area contributed by atoms with Gasteiger partial charge in [0.1, 0.15) is 12.4 Å². The Kier molecular flexibility index (Phi) is 4.78. The van der Waals surface area contributed by atoms with Crippen molar-refractivity contribution in [1.82, 2.24) is 4.90 Å². The zero-order valence-electron chi connectivity index (χ0n) is 12.3. The molecule has 0 N–H and O–H groups in total. The molecule has 0 spiro atoms. The molecule has 5 heteroatoms. The lowest BCUT2D eigenvalue weighted by Gasteiger charge is -2.13. The maximum absolute atomic E-state index is 12.3. The molecule has 0 bridgehead atoms. The van der Waals surface area contributed by atoms with Gasteiger partial charge in [-0.1, -0.05) is 48.5 Å². The minimum Gasteiger partial charge on any atom is -0.492 e. The molecule has 23 heavy (non-hydrogen) atoms. The molecule has 0 unspecified atom stereocenters. The number of carbonyl (C=O) groups is 2. The van der Waals surface area contributed by atoms with Gasteiger partial charge in [-0.25, -0.2) is 0 Å². The van der Waals surface area contributed by atoms with Crippen molar-refractivity contribution in [1.29, 1.82) is 0 Å². The molecule has 116 valence electrons. The number of benzene rings is 2. The first kappa shape index (κ1) is 15.4. The first-order chi connectivity index (χ1) is 11.2. The fraction of sp³-hybridized carbons (Fsp3) is 0.111. The summed E-state index contributed by atoms with van der Waals surface area (Å²) >= 11 is 0.966. The smallest absolute Gasteiger partial charge is 0.293 e. The second kappa shape index (κ2) is 7.15. The summed E-state index contributed by atoms with van der Waals surface area (Å²) in [5, 5.41) is -0.256. The van der Waals surface area contributed by atoms with E-state index in [1.54, 1.807) is 6.08 Å². The molecule has 3 rings (SSSR count). The normalized spacial score (nSPS) is 16.2. The van der Waals surface area contributed by atoms with Gasteiger partial charge in [0.2, 0.25) is 0 Å². The van der Waals surface area contributed by atoms with Gasteiger partial charge in [-0.15, -0.1) is 0 Å². The molecule has 1 aliphatic rings. The van der Waals surface area contributed by atoms with E-state index in [1.165, 1.54) is 4.90 Å². The third-order valence-electron chi connectivity index (χ3n) is 3.30. The minimum absolute atomic E-state index is 0.242. The number of para-hydroxylation sites is 1. The number of rotatable bonds is 5. The van der Waals surface area contributed by atoms with Crippen molar-refractivity contribution in [2.75, 3.05) is 13.2 Å². The average Bonchev–Trinajstić information content (AvgIpc) is 2.84. The summed E-state index contributed by atoms with van der Waals surface area (Å²) in [5.41, 5.74) is 0.901. The number of nitrogens with zero attached hydrogens (tertiary/aromatic N) is 1. The molecule has 0 aliphatic carbocycles. The summed E-state index contributed by atoms with van der Waals surface area (Å²) < 4.78 is 5.54. The maximum atomic E-state index is 12.3. The van der Waals surface area contributed by atoms with Gasteiger partial charge in [-0.2, -0.15) is 0 Å². The number of imide groups is 1. The van der Waals surface area contributed by atoms with Crippen LogP contribution in [0.25, 0.3) is 6.08 Å². The Balaban J connectivity index is 1.62. The van der Waals surface area contributed by atoms with Gasteiger partial charge in [0.05, 0.1) is 11.4 Å². The van der Waals surface area contributed by atoms with E-state index in [-0.39, 0.29) is 24.3 Å². The Morgan fingerprint density at radius 2 is 1.61 bits per heavy atom. The molecule has 0 atom stereocenters. The molecule has 0 aromatic heterocycles. The molecule has 2 aromatic carbocycles. The Morgan fingerprint density at radius 3 is 2.30 bits per heavy atom. The molecule has 0 saturated carbocycles. The summed E-state index contributed by atoms with van der Waals surface area (Å²) in [4.78, 5) is 26.0. The van der Waals surface area contributed by atoms with Crippen LogP contribution in [0, 0.1) is 0 Å². The van der Waals surface area contributed by atoms with E-state index in [9.17, 15) is 9.59 Å². The van der Waals surface area contributed by atoms with Crippen molar-refractivity contribution in [2.45, 2.75) is 0 Å². The zero-order chi connectivity index (χ0) is 16.1. The van der Waals surface area contributed by atoms with Crippen LogP contribution in [0.2, 0.25) is 0 Å². The lowest BCUT2D eigenvalue weighted by molar-refractivity contribution is -0.123. The third kappa shape index (κ3) is 3.81. The van der Waals surface area contributed by atoms with Crippen LogP contribution in [-0.2, 0) is 4.79 Å². The van der Waals surface area contributed by atoms with Crippen LogP contribution in [0.15, 0.2) is 65.6 Å². The van der Waals surface area contributed by atoms with Crippen LogP contribution in [0.4, 0.5) is 4.79 Å². The lowest BCUT2D eigenvalue weighted by atomic mass is 10.2. The minimum atomic E-state index is -0.263. The summed E-state index contributed by atoms with van der Waals surface area (Å²) in [7, 11) is 0. The van der Waals surface area contributed by atoms with Crippen LogP contribution >= 0.6 is 11.8 Å². The number of ether oxygens (including phenoxy) is 1. The number of hydrogen-bond donors (Lipinski definition) is 0. The summed E-state index contributed by atoms with van der Waals surface area (Å²) in [6, 6.07) is 18.8. The number of amides is 2. The van der Waals surface area contributed by atoms with Crippen molar-refractivity contribution < 1.29 is 14.3 Å². The van der Waals surface area contributed by atoms with E-state index in [1.807, 2.05) is 60.7 Å². The number of carbonyl (C=O) groups excluding carboxylic acids is 2. The van der Waals surface area contributed by atoms with Crippen LogP contribution in [0.1, 0.15) is 5.56 Å². The van der Waals surface area contributed by atoms with Gasteiger partial charge in [0.15, 0.2) is 0 Å². The van der Waals surface area contributed by atoms with Gasteiger partial charge in [-0.05, 0) is 35.5 Å². The molecular weight excluding hydrogens is 310 g/mol. The van der Waals surface area contributed by atoms with Crippen LogP contribution in [0.5, 0.6) is 5.75 Å². The standard InChI is InChI=1S/C18H15NO3S/c20-17-16(13-14-7-3-1-4-8-14)23-18(21)19(17)11-12-22-15-9-5-2-6-10-15/h1-10,13H,11-12H2/b16-13-. The van der Waals surface area contributed by atoms with E-state index >= 15 is 0 Å². The Labute approximate surface area is 138 Å². The van der Waals surface area contributed by atoms with Crippen molar-refractivity contribution in [3.05, 3.63) is 71.1 Å². The molecule has 0 radical (unpaired) electrons. The summed E-state index contributed by atoms with van der Waals surface area (Å²) in [6.07, 6.45) is 1.74. The van der Waals surface area contributed by atoms with Gasteiger partial charge >= 0.3 is 0 Å². The molecule has 4 nitrogen and oxygen atoms in total. The van der Waals surface area contributed by atoms with Gasteiger partial charge in [0, 0.05) is 0 Å². The SMILES string of the molecule is O=C1S/C(=C\c2ccccc2)C(=O)N1CCOc1ccccc1. The van der Waals surface area contributed by atoms with Crippen molar-refractivity contribution in [2.24, 2.45) is 0 Å². The zero-order valence-corrected chi connectivity index (χ0v) is 13.2. The quantitative estimate of drug-likeness (QED) is 0.785. The Hall–Kier alpha value is -2.53. The predicted molar refractivity (Wildman–Crippen MR) is 91.1 cm³/mol. The van der Waals surface area contributed by atoms with Crippen LogP contribution in [-0.4, -0.2) is 29.2 Å². The summed E-state index contributed by atoms with van der Waals surface area (Å²) in [6.45, 7) is 0.520. The molecule has 1 heterocycles. The first-order valence-corrected chi connectivity index (χ1v) is 8.04. The predicted octanol–water partition coefficient (Wildman–Crippen LogP) is 3.80. The maximum Gasteiger partial charge on any atom is 0.293 e. The fourth-order valence-electron chi connectivity index (χ4n) is 2.16. The van der Waals surface area contributed by atoms with Crippen molar-refractivity contribution >= 4 is 29.0 Å². The highest BCUT2D eigenvalue weighted by molar-refractivity contribution is 8.18. The highest BCUT2D eigenvalue weighted by atomic mass is 32.2. The lowest BCUT2D eigenvalue weighted by Crippen LogP contribution is -2.32. The average molecular weight is 325 g/mol. The van der Waals surface area contributed by atoms with Gasteiger partial charge in [0.25, 0.3) is 11.1 Å². The highest BCUT2D eigenvalue weighted by Gasteiger charge is 2.34. The molecule has 2 amide bonds. The topological polar surface area (TPSA) is 46.6 Å². The molecule has 1 aliphatic heterocycles. The second-order valence-electron chi connectivity index (χ2n) is 4.91. The molecular formula is C18H15NO3S. The largest absolute Gasteiger partial charge is 0.492 e. The molecule has 1 fully saturated rings. The van der Waals surface area contributed by atoms with E-state index in [4.69, 9.17) is 4.74 Å². The molecule has 2 aromatic rings.